The predicted molar refractivity (Wildman–Crippen MR) is 111 cm³/mol. The number of hydrogen-bond acceptors (Lipinski definition) is 3. The summed E-state index contributed by atoms with van der Waals surface area (Å²) in [6.45, 7) is 4.30. The van der Waals surface area contributed by atoms with Gasteiger partial charge in [-0.25, -0.2) is 4.39 Å². The zero-order valence-corrected chi connectivity index (χ0v) is 16.3. The zero-order valence-electron chi connectivity index (χ0n) is 16.3. The Bertz CT molecular complexity index is 1030. The molecule has 1 heterocycles. The molecule has 5 nitrogen and oxygen atoms in total. The summed E-state index contributed by atoms with van der Waals surface area (Å²) in [5, 5.41) is 5.63. The van der Waals surface area contributed by atoms with Crippen LogP contribution in [0, 0.1) is 19.7 Å². The molecule has 0 bridgehead atoms. The number of nitrogens with one attached hydrogen (secondary N) is 2. The highest BCUT2D eigenvalue weighted by atomic mass is 19.1. The summed E-state index contributed by atoms with van der Waals surface area (Å²) < 4.78 is 12.9. The molecule has 0 spiro atoms. The van der Waals surface area contributed by atoms with Crippen LogP contribution in [0.4, 0.5) is 10.1 Å². The number of benzene rings is 2. The monoisotopic (exact) mass is 391 g/mol. The highest BCUT2D eigenvalue weighted by Crippen LogP contribution is 2.17. The third kappa shape index (κ3) is 5.48. The number of rotatable bonds is 6. The van der Waals surface area contributed by atoms with Crippen LogP contribution in [0.25, 0.3) is 0 Å². The van der Waals surface area contributed by atoms with Crippen LogP contribution in [0.2, 0.25) is 0 Å². The molecule has 148 valence electrons. The van der Waals surface area contributed by atoms with Gasteiger partial charge in [0.25, 0.3) is 11.8 Å². The Morgan fingerprint density at radius 2 is 1.72 bits per heavy atom. The van der Waals surface area contributed by atoms with E-state index >= 15 is 0 Å². The van der Waals surface area contributed by atoms with Crippen molar-refractivity contribution < 1.29 is 14.0 Å². The molecule has 0 saturated heterocycles. The van der Waals surface area contributed by atoms with Crippen LogP contribution < -0.4 is 10.6 Å². The van der Waals surface area contributed by atoms with Gasteiger partial charge in [-0.15, -0.1) is 0 Å². The van der Waals surface area contributed by atoms with Gasteiger partial charge >= 0.3 is 0 Å². The number of amides is 2. The van der Waals surface area contributed by atoms with E-state index in [1.54, 1.807) is 18.2 Å². The maximum Gasteiger partial charge on any atom is 0.274 e. The van der Waals surface area contributed by atoms with E-state index in [1.165, 1.54) is 24.4 Å². The molecule has 0 aliphatic rings. The second-order valence-corrected chi connectivity index (χ2v) is 6.83. The first-order valence-electron chi connectivity index (χ1n) is 9.29. The average Bonchev–Trinajstić information content (AvgIpc) is 2.71. The molecule has 0 saturated carbocycles. The van der Waals surface area contributed by atoms with Crippen LogP contribution in [-0.4, -0.2) is 23.3 Å². The molecule has 0 radical (unpaired) electrons. The molecule has 29 heavy (non-hydrogen) atoms. The van der Waals surface area contributed by atoms with Crippen molar-refractivity contribution in [2.24, 2.45) is 0 Å². The summed E-state index contributed by atoms with van der Waals surface area (Å²) in [4.78, 5) is 29.0. The Hall–Kier alpha value is -3.54. The summed E-state index contributed by atoms with van der Waals surface area (Å²) in [6.07, 6.45) is 2.02. The third-order valence-electron chi connectivity index (χ3n) is 4.50. The van der Waals surface area contributed by atoms with Crippen LogP contribution in [0.3, 0.4) is 0 Å². The van der Waals surface area contributed by atoms with Crippen molar-refractivity contribution >= 4 is 17.5 Å². The van der Waals surface area contributed by atoms with Gasteiger partial charge < -0.3 is 10.6 Å². The summed E-state index contributed by atoms with van der Waals surface area (Å²) >= 11 is 0. The van der Waals surface area contributed by atoms with Crippen LogP contribution >= 0.6 is 0 Å². The molecule has 0 unspecified atom stereocenters. The number of nitrogens with zero attached hydrogens (tertiary/aromatic N) is 1. The minimum absolute atomic E-state index is 0.163. The first kappa shape index (κ1) is 20.2. The van der Waals surface area contributed by atoms with Crippen molar-refractivity contribution in [1.82, 2.24) is 10.3 Å². The van der Waals surface area contributed by atoms with E-state index in [0.29, 0.717) is 24.2 Å². The normalized spacial score (nSPS) is 10.4. The Labute approximate surface area is 169 Å². The third-order valence-corrected chi connectivity index (χ3v) is 4.50. The van der Waals surface area contributed by atoms with E-state index in [2.05, 4.69) is 15.6 Å². The van der Waals surface area contributed by atoms with E-state index < -0.39 is 0 Å². The number of anilines is 1. The molecular formula is C23H22FN3O2. The number of aromatic nitrogens is 1. The Kier molecular flexibility index (Phi) is 6.34. The molecule has 0 fully saturated rings. The minimum atomic E-state index is -0.377. The first-order chi connectivity index (χ1) is 13.9. The first-order valence-corrected chi connectivity index (χ1v) is 9.29. The summed E-state index contributed by atoms with van der Waals surface area (Å²) in [5.74, 6) is -0.964. The summed E-state index contributed by atoms with van der Waals surface area (Å²) in [6, 6.07) is 14.9. The SMILES string of the molecule is Cc1ccc(NC(=O)c2cc(C(=O)NCCc3ccc(F)cc3)ccn2)c(C)c1. The standard InChI is InChI=1S/C23H22FN3O2/c1-15-3-8-20(16(2)13-15)27-23(29)21-14-18(10-12-25-21)22(28)26-11-9-17-4-6-19(24)7-5-17/h3-8,10,12-14H,9,11H2,1-2H3,(H,26,28)(H,27,29). The van der Waals surface area contributed by atoms with Gasteiger partial charge in [0.05, 0.1) is 0 Å². The Balaban J connectivity index is 1.61. The fraction of sp³-hybridized carbons (Fsp3) is 0.174. The predicted octanol–water partition coefficient (Wildman–Crippen LogP) is 4.06. The lowest BCUT2D eigenvalue weighted by Crippen LogP contribution is -2.26. The maximum absolute atomic E-state index is 12.9. The van der Waals surface area contributed by atoms with Crippen molar-refractivity contribution in [3.63, 3.8) is 0 Å². The Morgan fingerprint density at radius 3 is 2.45 bits per heavy atom. The number of carbonyl (C=O) groups excluding carboxylic acids is 2. The van der Waals surface area contributed by atoms with Gasteiger partial charge in [0.2, 0.25) is 0 Å². The Morgan fingerprint density at radius 1 is 0.966 bits per heavy atom. The van der Waals surface area contributed by atoms with E-state index in [-0.39, 0.29) is 23.3 Å². The highest BCUT2D eigenvalue weighted by Gasteiger charge is 2.13. The lowest BCUT2D eigenvalue weighted by molar-refractivity contribution is 0.0954. The molecular weight excluding hydrogens is 369 g/mol. The van der Waals surface area contributed by atoms with Crippen molar-refractivity contribution in [1.29, 1.82) is 0 Å². The maximum atomic E-state index is 12.9. The number of aryl methyl sites for hydroxylation is 2. The fourth-order valence-electron chi connectivity index (χ4n) is 2.91. The largest absolute Gasteiger partial charge is 0.352 e. The van der Waals surface area contributed by atoms with Crippen molar-refractivity contribution in [3.05, 3.63) is 94.6 Å². The molecule has 2 amide bonds. The molecule has 3 aromatic rings. The molecule has 0 aliphatic heterocycles. The van der Waals surface area contributed by atoms with Gasteiger partial charge in [0, 0.05) is 24.0 Å². The molecule has 2 aromatic carbocycles. The highest BCUT2D eigenvalue weighted by molar-refractivity contribution is 6.05. The van der Waals surface area contributed by atoms with Gasteiger partial charge in [-0.05, 0) is 61.7 Å². The summed E-state index contributed by atoms with van der Waals surface area (Å²) in [5.41, 5.74) is 4.21. The van der Waals surface area contributed by atoms with Crippen LogP contribution in [-0.2, 0) is 6.42 Å². The lowest BCUT2D eigenvalue weighted by atomic mass is 10.1. The van der Waals surface area contributed by atoms with Gasteiger partial charge in [-0.2, -0.15) is 0 Å². The van der Waals surface area contributed by atoms with Crippen molar-refractivity contribution in [2.45, 2.75) is 20.3 Å². The van der Waals surface area contributed by atoms with Gasteiger partial charge in [-0.3, -0.25) is 14.6 Å². The van der Waals surface area contributed by atoms with Crippen LogP contribution in [0.1, 0.15) is 37.5 Å². The van der Waals surface area contributed by atoms with E-state index in [4.69, 9.17) is 0 Å². The van der Waals surface area contributed by atoms with Gasteiger partial charge in [-0.1, -0.05) is 29.8 Å². The van der Waals surface area contributed by atoms with E-state index in [9.17, 15) is 14.0 Å². The average molecular weight is 391 g/mol. The molecule has 0 atom stereocenters. The molecule has 1 aromatic heterocycles. The number of carbonyl (C=O) groups is 2. The molecule has 3 rings (SSSR count). The van der Waals surface area contributed by atoms with E-state index in [1.807, 2.05) is 32.0 Å². The molecule has 0 aliphatic carbocycles. The van der Waals surface area contributed by atoms with Gasteiger partial charge in [0.15, 0.2) is 0 Å². The molecule has 2 N–H and O–H groups in total. The minimum Gasteiger partial charge on any atom is -0.352 e. The fourth-order valence-corrected chi connectivity index (χ4v) is 2.91. The number of halogens is 1. The number of hydrogen-bond donors (Lipinski definition) is 2. The van der Waals surface area contributed by atoms with Crippen molar-refractivity contribution in [2.75, 3.05) is 11.9 Å². The quantitative estimate of drug-likeness (QED) is 0.666. The van der Waals surface area contributed by atoms with E-state index in [0.717, 1.165) is 16.7 Å². The second kappa shape index (κ2) is 9.10. The van der Waals surface area contributed by atoms with Crippen LogP contribution in [0.15, 0.2) is 60.8 Å². The summed E-state index contributed by atoms with van der Waals surface area (Å²) in [7, 11) is 0. The van der Waals surface area contributed by atoms with Crippen molar-refractivity contribution in [3.8, 4) is 0 Å². The number of pyridine rings is 1. The van der Waals surface area contributed by atoms with Crippen LogP contribution in [0.5, 0.6) is 0 Å². The topological polar surface area (TPSA) is 71.1 Å². The zero-order chi connectivity index (χ0) is 20.8. The smallest absolute Gasteiger partial charge is 0.274 e. The molecule has 6 heteroatoms. The second-order valence-electron chi connectivity index (χ2n) is 6.83. The lowest BCUT2D eigenvalue weighted by Gasteiger charge is -2.10. The van der Waals surface area contributed by atoms with Gasteiger partial charge in [0.1, 0.15) is 11.5 Å².